The monoisotopic (exact) mass is 254 g/mol. The highest BCUT2D eigenvalue weighted by Crippen LogP contribution is 2.07. The molecule has 0 bridgehead atoms. The third kappa shape index (κ3) is 7.58. The third-order valence-electron chi connectivity index (χ3n) is 2.51. The van der Waals surface area contributed by atoms with Crippen LogP contribution in [0.5, 0.6) is 0 Å². The smallest absolute Gasteiger partial charge is 0.330 e. The van der Waals surface area contributed by atoms with Gasteiger partial charge in [0.25, 0.3) is 0 Å². The van der Waals surface area contributed by atoms with Crippen LogP contribution in [0.1, 0.15) is 19.3 Å². The molecule has 0 aromatic carbocycles. The van der Waals surface area contributed by atoms with Gasteiger partial charge >= 0.3 is 12.2 Å². The molecule has 0 aliphatic carbocycles. The van der Waals surface area contributed by atoms with Gasteiger partial charge in [-0.1, -0.05) is 6.42 Å². The summed E-state index contributed by atoms with van der Waals surface area (Å²) in [6.07, 6.45) is -3.78. The molecule has 0 aromatic heterocycles. The van der Waals surface area contributed by atoms with Crippen molar-refractivity contribution < 1.29 is 30.6 Å². The molecule has 0 saturated heterocycles. The number of aliphatic hydroxyl groups is 6. The van der Waals surface area contributed by atoms with E-state index in [0.717, 1.165) is 9.80 Å². The first-order valence-corrected chi connectivity index (χ1v) is 5.32. The molecule has 0 aromatic rings. The molecule has 6 N–H and O–H groups in total. The highest BCUT2D eigenvalue weighted by atomic mass is 16.7. The molecule has 17 heavy (non-hydrogen) atoms. The summed E-state index contributed by atoms with van der Waals surface area (Å²) in [5, 5.41) is 52.6. The maximum Gasteiger partial charge on any atom is 0.345 e. The first kappa shape index (κ1) is 16.7. The minimum absolute atomic E-state index is 0.274. The summed E-state index contributed by atoms with van der Waals surface area (Å²) in [7, 11) is 2.71. The summed E-state index contributed by atoms with van der Waals surface area (Å²) >= 11 is 0. The zero-order chi connectivity index (χ0) is 13.7. The van der Waals surface area contributed by atoms with Crippen molar-refractivity contribution in [3.05, 3.63) is 0 Å². The molecule has 0 rings (SSSR count). The number of unbranched alkanes of at least 4 members (excludes halogenated alkanes) is 2. The topological polar surface area (TPSA) is 128 Å². The van der Waals surface area contributed by atoms with Crippen molar-refractivity contribution in [2.45, 2.75) is 31.5 Å². The maximum atomic E-state index is 8.77. The van der Waals surface area contributed by atoms with E-state index >= 15 is 0 Å². The zero-order valence-electron chi connectivity index (χ0n) is 10.1. The van der Waals surface area contributed by atoms with E-state index in [2.05, 4.69) is 0 Å². The first-order valence-electron chi connectivity index (χ1n) is 5.32. The van der Waals surface area contributed by atoms with Gasteiger partial charge in [-0.3, -0.25) is 0 Å². The van der Waals surface area contributed by atoms with E-state index < -0.39 is 12.2 Å². The van der Waals surface area contributed by atoms with Gasteiger partial charge in [0, 0.05) is 13.1 Å². The maximum absolute atomic E-state index is 8.77. The number of rotatable bonds is 8. The van der Waals surface area contributed by atoms with Crippen LogP contribution in [0, 0.1) is 0 Å². The summed E-state index contributed by atoms with van der Waals surface area (Å²) in [6, 6.07) is 0. The second-order valence-corrected chi connectivity index (χ2v) is 4.10. The lowest BCUT2D eigenvalue weighted by molar-refractivity contribution is -0.387. The van der Waals surface area contributed by atoms with Crippen LogP contribution >= 0.6 is 0 Å². The van der Waals surface area contributed by atoms with Crippen LogP contribution in [0.25, 0.3) is 0 Å². The van der Waals surface area contributed by atoms with E-state index in [9.17, 15) is 0 Å². The molecule has 0 unspecified atom stereocenters. The van der Waals surface area contributed by atoms with Gasteiger partial charge in [-0.25, -0.2) is 9.80 Å². The lowest BCUT2D eigenvalue weighted by Gasteiger charge is -2.27. The lowest BCUT2D eigenvalue weighted by Crippen LogP contribution is -2.47. The van der Waals surface area contributed by atoms with Crippen molar-refractivity contribution in [2.24, 2.45) is 0 Å². The molecule has 0 aliphatic rings. The van der Waals surface area contributed by atoms with Gasteiger partial charge in [-0.2, -0.15) is 0 Å². The van der Waals surface area contributed by atoms with E-state index in [0.29, 0.717) is 19.3 Å². The Morgan fingerprint density at radius 3 is 1.18 bits per heavy atom. The summed E-state index contributed by atoms with van der Waals surface area (Å²) in [4.78, 5) is 1.93. The molecule has 104 valence electrons. The Morgan fingerprint density at radius 1 is 0.647 bits per heavy atom. The van der Waals surface area contributed by atoms with Gasteiger partial charge in [0.1, 0.15) is 0 Å². The van der Waals surface area contributed by atoms with E-state index in [1.165, 1.54) is 14.1 Å². The Bertz CT molecular complexity index is 191. The van der Waals surface area contributed by atoms with Gasteiger partial charge in [0.05, 0.1) is 0 Å². The molecule has 0 spiro atoms. The van der Waals surface area contributed by atoms with Crippen molar-refractivity contribution in [1.29, 1.82) is 0 Å². The van der Waals surface area contributed by atoms with Crippen LogP contribution < -0.4 is 0 Å². The summed E-state index contributed by atoms with van der Waals surface area (Å²) in [5.41, 5.74) is 0. The Hall–Kier alpha value is -0.320. The molecule has 8 heteroatoms. The van der Waals surface area contributed by atoms with E-state index in [4.69, 9.17) is 30.6 Å². The zero-order valence-corrected chi connectivity index (χ0v) is 10.1. The van der Waals surface area contributed by atoms with E-state index in [1.807, 2.05) is 0 Å². The summed E-state index contributed by atoms with van der Waals surface area (Å²) in [6.45, 7) is 0.547. The predicted molar refractivity (Wildman–Crippen MR) is 57.9 cm³/mol. The first-order chi connectivity index (χ1) is 7.55. The molecule has 8 nitrogen and oxygen atoms in total. The van der Waals surface area contributed by atoms with Crippen molar-refractivity contribution in [3.8, 4) is 0 Å². The van der Waals surface area contributed by atoms with Crippen LogP contribution in [-0.4, -0.2) is 79.8 Å². The van der Waals surface area contributed by atoms with Crippen LogP contribution in [-0.2, 0) is 0 Å². The highest BCUT2D eigenvalue weighted by molar-refractivity contribution is 4.56. The summed E-state index contributed by atoms with van der Waals surface area (Å²) < 4.78 is 0. The van der Waals surface area contributed by atoms with E-state index in [-0.39, 0.29) is 13.1 Å². The SMILES string of the molecule is CN(CCCCCN(C)C(O)(O)O)C(O)(O)O. The average Bonchev–Trinajstić information content (AvgIpc) is 2.13. The van der Waals surface area contributed by atoms with Crippen molar-refractivity contribution in [1.82, 2.24) is 9.80 Å². The van der Waals surface area contributed by atoms with Gasteiger partial charge in [-0.05, 0) is 26.9 Å². The predicted octanol–water partition coefficient (Wildman–Crippen LogP) is -2.80. The number of nitrogens with zero attached hydrogens (tertiary/aromatic N) is 2. The van der Waals surface area contributed by atoms with Crippen LogP contribution in [0.4, 0.5) is 0 Å². The van der Waals surface area contributed by atoms with Gasteiger partial charge < -0.3 is 30.6 Å². The van der Waals surface area contributed by atoms with Crippen LogP contribution in [0.3, 0.4) is 0 Å². The average molecular weight is 254 g/mol. The van der Waals surface area contributed by atoms with Gasteiger partial charge in [0.2, 0.25) is 0 Å². The molecular formula is C9H22N2O6. The van der Waals surface area contributed by atoms with Gasteiger partial charge in [0.15, 0.2) is 0 Å². The Morgan fingerprint density at radius 2 is 0.941 bits per heavy atom. The fraction of sp³-hybridized carbons (Fsp3) is 1.00. The molecular weight excluding hydrogens is 232 g/mol. The molecule has 0 saturated carbocycles. The molecule has 0 aliphatic heterocycles. The van der Waals surface area contributed by atoms with Crippen molar-refractivity contribution in [3.63, 3.8) is 0 Å². The second-order valence-electron chi connectivity index (χ2n) is 4.10. The van der Waals surface area contributed by atoms with Crippen molar-refractivity contribution in [2.75, 3.05) is 27.2 Å². The molecule has 0 atom stereocenters. The standard InChI is InChI=1S/C9H22N2O6/c1-10(8(12,13)14)6-4-3-5-7-11(2)9(15,16)17/h12-17H,3-7H2,1-2H3. The molecule has 0 fully saturated rings. The van der Waals surface area contributed by atoms with Crippen LogP contribution in [0.15, 0.2) is 0 Å². The highest BCUT2D eigenvalue weighted by Gasteiger charge is 2.25. The number of hydrogen-bond donors (Lipinski definition) is 6. The lowest BCUT2D eigenvalue weighted by atomic mass is 10.2. The van der Waals surface area contributed by atoms with Gasteiger partial charge in [-0.15, -0.1) is 0 Å². The number of hydrogen-bond acceptors (Lipinski definition) is 8. The normalized spacial score (nSPS) is 13.8. The Balaban J connectivity index is 3.61. The fourth-order valence-electron chi connectivity index (χ4n) is 1.17. The van der Waals surface area contributed by atoms with Crippen molar-refractivity contribution >= 4 is 0 Å². The molecule has 0 amide bonds. The summed E-state index contributed by atoms with van der Waals surface area (Å²) in [5.74, 6) is 0. The minimum atomic E-state index is -2.81. The quantitative estimate of drug-likeness (QED) is 0.202. The Labute approximate surface area is 99.9 Å². The van der Waals surface area contributed by atoms with Crippen LogP contribution in [0.2, 0.25) is 0 Å². The van der Waals surface area contributed by atoms with E-state index in [1.54, 1.807) is 0 Å². The molecule has 0 heterocycles. The fourth-order valence-corrected chi connectivity index (χ4v) is 1.17. The third-order valence-corrected chi connectivity index (χ3v) is 2.51. The Kier molecular flexibility index (Phi) is 6.45. The second kappa shape index (κ2) is 6.57. The largest absolute Gasteiger partial charge is 0.345 e. The molecule has 0 radical (unpaired) electrons. The minimum Gasteiger partial charge on any atom is -0.330 e.